The van der Waals surface area contributed by atoms with Crippen molar-refractivity contribution < 1.29 is 25.6 Å². The molecule has 0 saturated heterocycles. The van der Waals surface area contributed by atoms with E-state index in [1.807, 2.05) is 0 Å². The van der Waals surface area contributed by atoms with Crippen LogP contribution in [-0.4, -0.2) is 33.3 Å². The van der Waals surface area contributed by atoms with Crippen molar-refractivity contribution in [2.75, 3.05) is 26.2 Å². The zero-order valence-electron chi connectivity index (χ0n) is 7.98. The summed E-state index contributed by atoms with van der Waals surface area (Å²) in [6, 6.07) is 0. The molecule has 0 aliphatic carbocycles. The zero-order chi connectivity index (χ0) is 12.7. The normalized spacial score (nSPS) is 8.00. The van der Waals surface area contributed by atoms with Crippen LogP contribution in [0.25, 0.3) is 0 Å². The van der Waals surface area contributed by atoms with Crippen LogP contribution in [0, 0.1) is 20.2 Å². The van der Waals surface area contributed by atoms with Gasteiger partial charge in [0.1, 0.15) is 0 Å². The van der Waals surface area contributed by atoms with Gasteiger partial charge in [0.25, 0.3) is 0 Å². The van der Waals surface area contributed by atoms with Crippen LogP contribution in [0.4, 0.5) is 0 Å². The third kappa shape index (κ3) is 60.4. The van der Waals surface area contributed by atoms with Crippen LogP contribution < -0.4 is 22.9 Å². The fraction of sp³-hybridized carbons (Fsp3) is 1.00. The van der Waals surface area contributed by atoms with Crippen molar-refractivity contribution in [3.05, 3.63) is 20.2 Å². The molecule has 8 N–H and O–H groups in total. The van der Waals surface area contributed by atoms with Gasteiger partial charge in [-0.3, -0.25) is 0 Å². The second-order valence-corrected chi connectivity index (χ2v) is 3.04. The molecule has 0 amide bonds. The number of nitrogens with zero attached hydrogens (tertiary/aromatic N) is 2. The summed E-state index contributed by atoms with van der Waals surface area (Å²) in [5.74, 6) is 0. The summed E-state index contributed by atoms with van der Waals surface area (Å²) in [6.07, 6.45) is 0. The summed E-state index contributed by atoms with van der Waals surface area (Å²) in [6.45, 7) is 2.39. The van der Waals surface area contributed by atoms with E-state index in [4.69, 9.17) is 22.9 Å². The molecule has 0 heterocycles. The van der Waals surface area contributed by atoms with E-state index in [2.05, 4.69) is 0 Å². The fourth-order valence-electron chi connectivity index (χ4n) is 0.0422. The van der Waals surface area contributed by atoms with E-state index in [9.17, 15) is 20.2 Å². The van der Waals surface area contributed by atoms with E-state index in [1.165, 1.54) is 0 Å². The van der Waals surface area contributed by atoms with Crippen LogP contribution in [0.5, 0.6) is 0 Å². The molecule has 0 aromatic carbocycles. The van der Waals surface area contributed by atoms with E-state index in [1.54, 1.807) is 0 Å². The predicted molar refractivity (Wildman–Crippen MR) is 50.2 cm³/mol. The summed E-state index contributed by atoms with van der Waals surface area (Å²) >= 11 is -1.58. The molecule has 0 bridgehead atoms. The Balaban J connectivity index is -0.000000155. The van der Waals surface area contributed by atoms with E-state index in [-0.39, 0.29) is 0 Å². The summed E-state index contributed by atoms with van der Waals surface area (Å²) in [5, 5.41) is 18.4. The van der Waals surface area contributed by atoms with Gasteiger partial charge < -0.3 is 22.9 Å². The molecule has 11 heteroatoms. The van der Waals surface area contributed by atoms with Crippen LogP contribution in [0.2, 0.25) is 0 Å². The van der Waals surface area contributed by atoms with E-state index >= 15 is 0 Å². The molecule has 0 atom stereocenters. The number of rotatable bonds is 4. The molecule has 0 aromatic rings. The first-order valence-corrected chi connectivity index (χ1v) is 5.04. The molecule has 0 spiro atoms. The van der Waals surface area contributed by atoms with Gasteiger partial charge in [-0.1, -0.05) is 0 Å². The Kier molecular flexibility index (Phi) is 25.1. The van der Waals surface area contributed by atoms with Crippen molar-refractivity contribution in [2.45, 2.75) is 0 Å². The van der Waals surface area contributed by atoms with Crippen molar-refractivity contribution >= 4 is 0 Å². The topological polar surface area (TPSA) is 190 Å². The van der Waals surface area contributed by atoms with Gasteiger partial charge in [-0.05, 0) is 0 Å². The minimum atomic E-state index is -1.58. The number of nitrogens with two attached hydrogens (primary N) is 4. The van der Waals surface area contributed by atoms with Gasteiger partial charge in [-0.2, -0.15) is 0 Å². The Morgan fingerprint density at radius 2 is 1.00 bits per heavy atom. The van der Waals surface area contributed by atoms with Gasteiger partial charge in [0.05, 0.1) is 0 Å². The summed E-state index contributed by atoms with van der Waals surface area (Å²) < 4.78 is -1.90. The van der Waals surface area contributed by atoms with Gasteiger partial charge in [-0.15, -0.1) is 0 Å². The average molecular weight is 319 g/mol. The molecule has 0 radical (unpaired) electrons. The first-order valence-electron chi connectivity index (χ1n) is 3.65. The molecule has 0 fully saturated rings. The Morgan fingerprint density at radius 1 is 0.800 bits per heavy atom. The van der Waals surface area contributed by atoms with E-state index in [0.717, 1.165) is 0 Å². The molecule has 0 aliphatic rings. The average Bonchev–Trinajstić information content (AvgIpc) is 2.16. The quantitative estimate of drug-likeness (QED) is 0.243. The summed E-state index contributed by atoms with van der Waals surface area (Å²) in [5.41, 5.74) is 19.6. The maximum atomic E-state index is 9.20. The SMILES string of the molecule is NCCN.NCCN.O=[N+]([O-])[Pd][N+](=O)[O-]. The third-order valence-corrected chi connectivity index (χ3v) is 0.944. The molecular formula is C4H16N6O4Pd. The van der Waals surface area contributed by atoms with E-state index in [0.29, 0.717) is 26.2 Å². The summed E-state index contributed by atoms with van der Waals surface area (Å²) in [7, 11) is 0. The number of nitro groups is 2. The van der Waals surface area contributed by atoms with E-state index < -0.39 is 25.6 Å². The second-order valence-electron chi connectivity index (χ2n) is 1.60. The molecule has 15 heavy (non-hydrogen) atoms. The first-order chi connectivity index (χ1) is 6.95. The summed E-state index contributed by atoms with van der Waals surface area (Å²) in [4.78, 5) is 18.4. The molecule has 0 aromatic heterocycles. The molecule has 0 aliphatic heterocycles. The molecule has 10 nitrogen and oxygen atoms in total. The predicted octanol–water partition coefficient (Wildman–Crippen LogP) is -2.74. The van der Waals surface area contributed by atoms with Crippen molar-refractivity contribution in [1.82, 2.24) is 0 Å². The van der Waals surface area contributed by atoms with Crippen LogP contribution in [0.3, 0.4) is 0 Å². The van der Waals surface area contributed by atoms with Crippen molar-refractivity contribution in [3.63, 3.8) is 0 Å². The van der Waals surface area contributed by atoms with Gasteiger partial charge in [-0.25, -0.2) is 0 Å². The minimum absolute atomic E-state index is 0.597. The van der Waals surface area contributed by atoms with Crippen LogP contribution >= 0.6 is 0 Å². The standard InChI is InChI=1S/2C2H8N2.2NO2.Pd/c2*3-1-2-4;2*2-1-3;/h2*1-4H2;;;. The van der Waals surface area contributed by atoms with Crippen LogP contribution in [0.1, 0.15) is 0 Å². The number of hydrogen-bond donors (Lipinski definition) is 4. The Morgan fingerprint density at radius 3 is 1.00 bits per heavy atom. The van der Waals surface area contributed by atoms with Crippen LogP contribution in [-0.2, 0) is 18.5 Å². The van der Waals surface area contributed by atoms with Crippen LogP contribution in [0.15, 0.2) is 0 Å². The first kappa shape index (κ1) is 19.8. The molecule has 0 saturated carbocycles. The third-order valence-electron chi connectivity index (χ3n) is 0.437. The van der Waals surface area contributed by atoms with Gasteiger partial charge in [0.2, 0.25) is 0 Å². The molecule has 0 rings (SSSR count). The van der Waals surface area contributed by atoms with Gasteiger partial charge >= 0.3 is 45.8 Å². The Labute approximate surface area is 95.4 Å². The molecule has 96 valence electrons. The van der Waals surface area contributed by atoms with Crippen molar-refractivity contribution in [3.8, 4) is 0 Å². The zero-order valence-corrected chi connectivity index (χ0v) is 9.54. The van der Waals surface area contributed by atoms with Crippen molar-refractivity contribution in [1.29, 1.82) is 0 Å². The second kappa shape index (κ2) is 19.0. The molecule has 0 unspecified atom stereocenters. The monoisotopic (exact) mass is 318 g/mol. The Hall–Kier alpha value is -0.698. The molecular weight excluding hydrogens is 303 g/mol. The fourth-order valence-corrected chi connectivity index (χ4v) is 0.249. The van der Waals surface area contributed by atoms with Gasteiger partial charge in [0, 0.05) is 26.2 Å². The number of hydrogen-bond acceptors (Lipinski definition) is 8. The Bertz CT molecular complexity index is 138. The maximum absolute atomic E-state index is 9.20. The van der Waals surface area contributed by atoms with Gasteiger partial charge in [0.15, 0.2) is 0 Å². The van der Waals surface area contributed by atoms with Crippen molar-refractivity contribution in [2.24, 2.45) is 22.9 Å².